The molecule has 0 aromatic carbocycles. The van der Waals surface area contributed by atoms with Gasteiger partial charge in [0, 0.05) is 11.9 Å². The van der Waals surface area contributed by atoms with Crippen molar-refractivity contribution in [3.8, 4) is 0 Å². The Morgan fingerprint density at radius 1 is 1.44 bits per heavy atom. The molecule has 1 N–H and O–H groups in total. The number of nitrogens with zero attached hydrogens (tertiary/aromatic N) is 1. The second-order valence-corrected chi connectivity index (χ2v) is 5.57. The molecule has 92 valence electrons. The minimum atomic E-state index is -0.316. The van der Waals surface area contributed by atoms with Crippen molar-refractivity contribution in [1.29, 1.82) is 0 Å². The average Bonchev–Trinajstić information content (AvgIpc) is 2.47. The molecule has 0 bridgehead atoms. The molecule has 1 rings (SSSR count). The van der Waals surface area contributed by atoms with Gasteiger partial charge in [-0.1, -0.05) is 43.1 Å². The van der Waals surface area contributed by atoms with E-state index in [9.17, 15) is 9.59 Å². The van der Waals surface area contributed by atoms with Gasteiger partial charge in [-0.05, 0) is 11.8 Å². The summed E-state index contributed by atoms with van der Waals surface area (Å²) in [5.74, 6) is -0.0825. The van der Waals surface area contributed by atoms with Crippen LogP contribution in [0.4, 0.5) is 4.79 Å². The second-order valence-electron chi connectivity index (χ2n) is 5.01. The third-order valence-corrected chi connectivity index (χ3v) is 4.15. The van der Waals surface area contributed by atoms with Crippen LogP contribution < -0.4 is 5.32 Å². The van der Waals surface area contributed by atoms with Crippen LogP contribution in [0.2, 0.25) is 0 Å². The highest BCUT2D eigenvalue weighted by Gasteiger charge is 2.39. The minimum Gasteiger partial charge on any atom is -0.326 e. The lowest BCUT2D eigenvalue weighted by Gasteiger charge is -2.26. The van der Waals surface area contributed by atoms with Gasteiger partial charge >= 0.3 is 6.03 Å². The van der Waals surface area contributed by atoms with Gasteiger partial charge in [0.1, 0.15) is 6.04 Å². The van der Waals surface area contributed by atoms with Gasteiger partial charge in [-0.25, -0.2) is 4.79 Å². The third kappa shape index (κ3) is 2.97. The van der Waals surface area contributed by atoms with Crippen molar-refractivity contribution in [2.24, 2.45) is 5.41 Å². The summed E-state index contributed by atoms with van der Waals surface area (Å²) in [5.41, 5.74) is -0.0892. The highest BCUT2D eigenvalue weighted by atomic mass is 79.9. The van der Waals surface area contributed by atoms with Gasteiger partial charge in [-0.2, -0.15) is 0 Å². The fraction of sp³-hybridized carbons (Fsp3) is 0.818. The molecule has 1 fully saturated rings. The minimum absolute atomic E-state index is 0.0825. The lowest BCUT2D eigenvalue weighted by Crippen LogP contribution is -2.40. The van der Waals surface area contributed by atoms with Gasteiger partial charge in [0.15, 0.2) is 0 Å². The van der Waals surface area contributed by atoms with Crippen molar-refractivity contribution in [3.05, 3.63) is 0 Å². The maximum Gasteiger partial charge on any atom is 0.324 e. The van der Waals surface area contributed by atoms with E-state index >= 15 is 0 Å². The number of halogens is 1. The van der Waals surface area contributed by atoms with Crippen LogP contribution in [-0.4, -0.2) is 34.8 Å². The van der Waals surface area contributed by atoms with Crippen molar-refractivity contribution in [2.75, 3.05) is 11.9 Å². The van der Waals surface area contributed by atoms with Crippen LogP contribution in [0.1, 0.15) is 33.6 Å². The first kappa shape index (κ1) is 13.5. The first-order chi connectivity index (χ1) is 7.41. The van der Waals surface area contributed by atoms with Gasteiger partial charge in [0.25, 0.3) is 5.91 Å². The maximum atomic E-state index is 11.9. The Labute approximate surface area is 105 Å². The summed E-state index contributed by atoms with van der Waals surface area (Å²) in [7, 11) is 0. The first-order valence-corrected chi connectivity index (χ1v) is 6.71. The van der Waals surface area contributed by atoms with E-state index in [0.717, 1.165) is 18.2 Å². The summed E-state index contributed by atoms with van der Waals surface area (Å²) < 4.78 is 0. The van der Waals surface area contributed by atoms with E-state index in [1.165, 1.54) is 4.90 Å². The van der Waals surface area contributed by atoms with Crippen molar-refractivity contribution in [1.82, 2.24) is 10.2 Å². The van der Waals surface area contributed by atoms with Crippen LogP contribution in [0.5, 0.6) is 0 Å². The molecule has 0 aliphatic carbocycles. The zero-order valence-electron chi connectivity index (χ0n) is 10.0. The van der Waals surface area contributed by atoms with Gasteiger partial charge < -0.3 is 5.32 Å². The molecule has 1 aliphatic rings. The van der Waals surface area contributed by atoms with E-state index in [-0.39, 0.29) is 23.4 Å². The standard InChI is InChI=1S/C11H19BrN2O2/c1-4-5-8-9(15)14(10(16)13-8)7-11(2,3)6-12/h8H,4-7H2,1-3H3,(H,13,16). The second kappa shape index (κ2) is 5.17. The number of rotatable bonds is 5. The fourth-order valence-corrected chi connectivity index (χ4v) is 1.86. The zero-order valence-corrected chi connectivity index (χ0v) is 11.6. The van der Waals surface area contributed by atoms with Crippen molar-refractivity contribution in [3.63, 3.8) is 0 Å². The summed E-state index contributed by atoms with van der Waals surface area (Å²) in [4.78, 5) is 24.9. The highest BCUT2D eigenvalue weighted by Crippen LogP contribution is 2.22. The molecule has 5 heteroatoms. The molecule has 1 aliphatic heterocycles. The number of carbonyl (C=O) groups excluding carboxylic acids is 2. The van der Waals surface area contributed by atoms with Gasteiger partial charge in [0.05, 0.1) is 0 Å². The van der Waals surface area contributed by atoms with E-state index in [4.69, 9.17) is 0 Å². The molecule has 1 saturated heterocycles. The van der Waals surface area contributed by atoms with Gasteiger partial charge in [-0.15, -0.1) is 0 Å². The van der Waals surface area contributed by atoms with Crippen LogP contribution in [0.3, 0.4) is 0 Å². The van der Waals surface area contributed by atoms with Gasteiger partial charge in [0.2, 0.25) is 0 Å². The monoisotopic (exact) mass is 290 g/mol. The van der Waals surface area contributed by atoms with Crippen molar-refractivity contribution >= 4 is 27.9 Å². The molecular formula is C11H19BrN2O2. The molecule has 1 atom stereocenters. The number of nitrogens with one attached hydrogen (secondary N) is 1. The Balaban J connectivity index is 2.68. The smallest absolute Gasteiger partial charge is 0.324 e. The normalized spacial score (nSPS) is 21.5. The molecule has 1 unspecified atom stereocenters. The lowest BCUT2D eigenvalue weighted by molar-refractivity contribution is -0.128. The van der Waals surface area contributed by atoms with E-state index in [0.29, 0.717) is 6.54 Å². The summed E-state index contributed by atoms with van der Waals surface area (Å²) >= 11 is 3.39. The molecule has 0 aromatic rings. The van der Waals surface area contributed by atoms with Gasteiger partial charge in [-0.3, -0.25) is 9.69 Å². The zero-order chi connectivity index (χ0) is 12.3. The first-order valence-electron chi connectivity index (χ1n) is 5.59. The van der Waals surface area contributed by atoms with Crippen molar-refractivity contribution in [2.45, 2.75) is 39.7 Å². The van der Waals surface area contributed by atoms with Crippen LogP contribution in [0.15, 0.2) is 0 Å². The van der Waals surface area contributed by atoms with E-state index in [1.807, 2.05) is 20.8 Å². The van der Waals surface area contributed by atoms with E-state index < -0.39 is 0 Å². The van der Waals surface area contributed by atoms with Crippen LogP contribution >= 0.6 is 15.9 Å². The number of alkyl halides is 1. The number of amides is 3. The Hall–Kier alpha value is -0.580. The number of imide groups is 1. The molecule has 4 nitrogen and oxygen atoms in total. The lowest BCUT2D eigenvalue weighted by atomic mass is 9.96. The van der Waals surface area contributed by atoms with Crippen molar-refractivity contribution < 1.29 is 9.59 Å². The number of carbonyl (C=O) groups is 2. The number of hydrogen-bond donors (Lipinski definition) is 1. The molecule has 16 heavy (non-hydrogen) atoms. The Bertz CT molecular complexity index is 292. The molecule has 0 aromatic heterocycles. The Kier molecular flexibility index (Phi) is 4.35. The molecule has 0 spiro atoms. The van der Waals surface area contributed by atoms with E-state index in [2.05, 4.69) is 21.2 Å². The maximum absolute atomic E-state index is 11.9. The van der Waals surface area contributed by atoms with Crippen LogP contribution in [0.25, 0.3) is 0 Å². The molecule has 0 saturated carbocycles. The summed E-state index contributed by atoms with van der Waals surface area (Å²) in [5, 5.41) is 3.48. The summed E-state index contributed by atoms with van der Waals surface area (Å²) in [6.45, 7) is 6.51. The predicted octanol–water partition coefficient (Wildman–Crippen LogP) is 2.13. The van der Waals surface area contributed by atoms with Crippen LogP contribution in [-0.2, 0) is 4.79 Å². The number of hydrogen-bond acceptors (Lipinski definition) is 2. The Morgan fingerprint density at radius 3 is 2.56 bits per heavy atom. The average molecular weight is 291 g/mol. The predicted molar refractivity (Wildman–Crippen MR) is 66.5 cm³/mol. The third-order valence-electron chi connectivity index (χ3n) is 2.63. The topological polar surface area (TPSA) is 49.4 Å². The Morgan fingerprint density at radius 2 is 2.06 bits per heavy atom. The molecule has 3 amide bonds. The molecular weight excluding hydrogens is 272 g/mol. The fourth-order valence-electron chi connectivity index (χ4n) is 1.68. The number of urea groups is 1. The molecule has 0 radical (unpaired) electrons. The summed E-state index contributed by atoms with van der Waals surface area (Å²) in [6.07, 6.45) is 1.61. The SMILES string of the molecule is CCCC1NC(=O)N(CC(C)(C)CBr)C1=O. The van der Waals surface area contributed by atoms with E-state index in [1.54, 1.807) is 0 Å². The van der Waals surface area contributed by atoms with Crippen LogP contribution in [0, 0.1) is 5.41 Å². The largest absolute Gasteiger partial charge is 0.326 e. The highest BCUT2D eigenvalue weighted by molar-refractivity contribution is 9.09. The quantitative estimate of drug-likeness (QED) is 0.623. The molecule has 1 heterocycles. The summed E-state index contributed by atoms with van der Waals surface area (Å²) in [6, 6.07) is -0.568.